The van der Waals surface area contributed by atoms with Crippen molar-refractivity contribution in [3.63, 3.8) is 0 Å². The molecule has 2 nitrogen and oxygen atoms in total. The molecule has 0 N–H and O–H groups in total. The molecule has 0 aromatic heterocycles. The number of hydrogen-bond acceptors (Lipinski definition) is 2. The summed E-state index contributed by atoms with van der Waals surface area (Å²) in [5.41, 5.74) is 1.99. The summed E-state index contributed by atoms with van der Waals surface area (Å²) in [6.45, 7) is 5.56. The maximum Gasteiger partial charge on any atom is 0.150 e. The Morgan fingerprint density at radius 1 is 1.31 bits per heavy atom. The van der Waals surface area contributed by atoms with E-state index in [1.165, 1.54) is 12.8 Å². The van der Waals surface area contributed by atoms with Crippen LogP contribution in [0.4, 0.5) is 0 Å². The molecule has 0 amide bonds. The van der Waals surface area contributed by atoms with Crippen LogP contribution in [-0.2, 0) is 6.54 Å². The van der Waals surface area contributed by atoms with E-state index in [9.17, 15) is 4.79 Å². The second kappa shape index (κ2) is 5.26. The first-order valence-corrected chi connectivity index (χ1v) is 6.05. The maximum atomic E-state index is 10.9. The van der Waals surface area contributed by atoms with Gasteiger partial charge in [-0.2, -0.15) is 0 Å². The summed E-state index contributed by atoms with van der Waals surface area (Å²) in [4.78, 5) is 13.3. The molecule has 2 heteroatoms. The van der Waals surface area contributed by atoms with Crippen LogP contribution in [-0.4, -0.2) is 24.3 Å². The van der Waals surface area contributed by atoms with Crippen LogP contribution in [0, 0.1) is 5.92 Å². The average Bonchev–Trinajstić information content (AvgIpc) is 2.33. The minimum Gasteiger partial charge on any atom is -0.299 e. The predicted molar refractivity (Wildman–Crippen MR) is 65.5 cm³/mol. The molecule has 1 aliphatic rings. The number of benzene rings is 1. The van der Waals surface area contributed by atoms with Crippen molar-refractivity contribution < 1.29 is 4.79 Å². The van der Waals surface area contributed by atoms with Gasteiger partial charge in [-0.3, -0.25) is 9.69 Å². The van der Waals surface area contributed by atoms with Gasteiger partial charge in [0.25, 0.3) is 0 Å². The first-order chi connectivity index (χ1) is 7.79. The Morgan fingerprint density at radius 3 is 2.69 bits per heavy atom. The largest absolute Gasteiger partial charge is 0.299 e. The third kappa shape index (κ3) is 2.70. The highest BCUT2D eigenvalue weighted by molar-refractivity contribution is 5.77. The number of carbonyl (C=O) groups excluding carboxylic acids is 1. The Balaban J connectivity index is 2.00. The highest BCUT2D eigenvalue weighted by atomic mass is 16.1. The number of likely N-dealkylation sites (tertiary alicyclic amines) is 1. The quantitative estimate of drug-likeness (QED) is 0.726. The zero-order valence-corrected chi connectivity index (χ0v) is 9.86. The molecule has 0 unspecified atom stereocenters. The van der Waals surface area contributed by atoms with Gasteiger partial charge in [-0.15, -0.1) is 0 Å². The number of nitrogens with zero attached hydrogens (tertiary/aromatic N) is 1. The zero-order chi connectivity index (χ0) is 11.4. The fourth-order valence-corrected chi connectivity index (χ4v) is 2.25. The van der Waals surface area contributed by atoms with Crippen LogP contribution in [0.1, 0.15) is 35.7 Å². The maximum absolute atomic E-state index is 10.9. The van der Waals surface area contributed by atoms with Gasteiger partial charge in [-0.05, 0) is 37.4 Å². The van der Waals surface area contributed by atoms with Gasteiger partial charge in [0.2, 0.25) is 0 Å². The zero-order valence-electron chi connectivity index (χ0n) is 9.86. The molecule has 1 aromatic carbocycles. The van der Waals surface area contributed by atoms with E-state index in [-0.39, 0.29) is 0 Å². The molecule has 1 aliphatic heterocycles. The predicted octanol–water partition coefficient (Wildman–Crippen LogP) is 2.73. The number of piperidine rings is 1. The van der Waals surface area contributed by atoms with Crippen molar-refractivity contribution in [3.05, 3.63) is 35.4 Å². The van der Waals surface area contributed by atoms with Gasteiger partial charge in [0.05, 0.1) is 0 Å². The van der Waals surface area contributed by atoms with Gasteiger partial charge in [-0.1, -0.05) is 31.2 Å². The fraction of sp³-hybridized carbons (Fsp3) is 0.500. The van der Waals surface area contributed by atoms with Crippen LogP contribution in [0.5, 0.6) is 0 Å². The molecule has 1 heterocycles. The molecule has 1 saturated heterocycles. The van der Waals surface area contributed by atoms with Crippen molar-refractivity contribution in [1.82, 2.24) is 4.90 Å². The minimum absolute atomic E-state index is 0.834. The highest BCUT2D eigenvalue weighted by Gasteiger charge is 2.16. The van der Waals surface area contributed by atoms with E-state index in [4.69, 9.17) is 0 Å². The van der Waals surface area contributed by atoms with Gasteiger partial charge in [-0.25, -0.2) is 0 Å². The molecule has 0 atom stereocenters. The van der Waals surface area contributed by atoms with Crippen molar-refractivity contribution in [1.29, 1.82) is 0 Å². The van der Waals surface area contributed by atoms with Gasteiger partial charge < -0.3 is 0 Å². The van der Waals surface area contributed by atoms with Crippen molar-refractivity contribution in [3.8, 4) is 0 Å². The summed E-state index contributed by atoms with van der Waals surface area (Å²) in [5.74, 6) is 0.859. The monoisotopic (exact) mass is 217 g/mol. The number of carbonyl (C=O) groups is 1. The SMILES string of the molecule is CC1CCN(Cc2ccccc2C=O)CC1. The van der Waals surface area contributed by atoms with E-state index in [0.29, 0.717) is 0 Å². The van der Waals surface area contributed by atoms with E-state index in [1.54, 1.807) is 0 Å². The summed E-state index contributed by atoms with van der Waals surface area (Å²) in [5, 5.41) is 0. The van der Waals surface area contributed by atoms with Crippen LogP contribution in [0.15, 0.2) is 24.3 Å². The summed E-state index contributed by atoms with van der Waals surface area (Å²) in [6.07, 6.45) is 3.52. The van der Waals surface area contributed by atoms with E-state index in [1.807, 2.05) is 18.2 Å². The van der Waals surface area contributed by atoms with E-state index in [2.05, 4.69) is 17.9 Å². The fourth-order valence-electron chi connectivity index (χ4n) is 2.25. The number of hydrogen-bond donors (Lipinski definition) is 0. The lowest BCUT2D eigenvalue weighted by Crippen LogP contribution is -2.32. The Labute approximate surface area is 97.3 Å². The Bertz CT molecular complexity index is 354. The van der Waals surface area contributed by atoms with Crippen LogP contribution in [0.3, 0.4) is 0 Å². The lowest BCUT2D eigenvalue weighted by Gasteiger charge is -2.30. The number of rotatable bonds is 3. The highest BCUT2D eigenvalue weighted by Crippen LogP contribution is 2.19. The molecule has 1 aromatic rings. The molecule has 0 spiro atoms. The third-order valence-corrected chi connectivity index (χ3v) is 3.45. The van der Waals surface area contributed by atoms with Crippen molar-refractivity contribution in [2.45, 2.75) is 26.3 Å². The first-order valence-electron chi connectivity index (χ1n) is 6.05. The van der Waals surface area contributed by atoms with E-state index < -0.39 is 0 Å². The summed E-state index contributed by atoms with van der Waals surface area (Å²) in [6, 6.07) is 7.89. The Hall–Kier alpha value is -1.15. The first kappa shape index (κ1) is 11.3. The average molecular weight is 217 g/mol. The molecular weight excluding hydrogens is 198 g/mol. The molecule has 0 saturated carbocycles. The summed E-state index contributed by atoms with van der Waals surface area (Å²) in [7, 11) is 0. The van der Waals surface area contributed by atoms with Crippen molar-refractivity contribution >= 4 is 6.29 Å². The van der Waals surface area contributed by atoms with Gasteiger partial charge in [0.1, 0.15) is 6.29 Å². The van der Waals surface area contributed by atoms with Gasteiger partial charge >= 0.3 is 0 Å². The summed E-state index contributed by atoms with van der Waals surface area (Å²) >= 11 is 0. The van der Waals surface area contributed by atoms with Crippen LogP contribution < -0.4 is 0 Å². The second-order valence-electron chi connectivity index (χ2n) is 4.78. The van der Waals surface area contributed by atoms with E-state index in [0.717, 1.165) is 43.0 Å². The Morgan fingerprint density at radius 2 is 2.00 bits per heavy atom. The molecule has 0 radical (unpaired) electrons. The smallest absolute Gasteiger partial charge is 0.150 e. The molecule has 2 rings (SSSR count). The Kier molecular flexibility index (Phi) is 3.73. The standard InChI is InChI=1S/C14H19NO/c1-12-6-8-15(9-7-12)10-13-4-2-3-5-14(13)11-16/h2-5,11-12H,6-10H2,1H3. The van der Waals surface area contributed by atoms with Crippen molar-refractivity contribution in [2.75, 3.05) is 13.1 Å². The third-order valence-electron chi connectivity index (χ3n) is 3.45. The molecular formula is C14H19NO. The summed E-state index contributed by atoms with van der Waals surface area (Å²) < 4.78 is 0. The lowest BCUT2D eigenvalue weighted by atomic mass is 9.98. The van der Waals surface area contributed by atoms with Gasteiger partial charge in [0.15, 0.2) is 0 Å². The second-order valence-corrected chi connectivity index (χ2v) is 4.78. The van der Waals surface area contributed by atoms with Crippen LogP contribution >= 0.6 is 0 Å². The molecule has 86 valence electrons. The number of aldehydes is 1. The molecule has 0 bridgehead atoms. The van der Waals surface area contributed by atoms with Crippen LogP contribution in [0.2, 0.25) is 0 Å². The van der Waals surface area contributed by atoms with E-state index >= 15 is 0 Å². The van der Waals surface area contributed by atoms with Crippen molar-refractivity contribution in [2.24, 2.45) is 5.92 Å². The van der Waals surface area contributed by atoms with Crippen LogP contribution in [0.25, 0.3) is 0 Å². The molecule has 16 heavy (non-hydrogen) atoms. The lowest BCUT2D eigenvalue weighted by molar-refractivity contribution is 0.112. The van der Waals surface area contributed by atoms with Gasteiger partial charge in [0, 0.05) is 12.1 Å². The normalized spacial score (nSPS) is 18.6. The topological polar surface area (TPSA) is 20.3 Å². The minimum atomic E-state index is 0.834. The molecule has 0 aliphatic carbocycles. The molecule has 1 fully saturated rings.